The second kappa shape index (κ2) is 10.7. The van der Waals surface area contributed by atoms with E-state index in [1.54, 1.807) is 25.3 Å². The van der Waals surface area contributed by atoms with Crippen LogP contribution in [-0.2, 0) is 17.8 Å². The molecule has 1 aliphatic heterocycles. The summed E-state index contributed by atoms with van der Waals surface area (Å²) in [6.07, 6.45) is 2.14. The molecular weight excluding hydrogens is 465 g/mol. The van der Waals surface area contributed by atoms with Gasteiger partial charge in [-0.3, -0.25) is 9.69 Å². The number of nitrogens with zero attached hydrogens (tertiary/aromatic N) is 5. The van der Waals surface area contributed by atoms with E-state index in [0.29, 0.717) is 68.1 Å². The summed E-state index contributed by atoms with van der Waals surface area (Å²) in [4.78, 5) is 25.4. The summed E-state index contributed by atoms with van der Waals surface area (Å²) in [7, 11) is 1.62. The van der Waals surface area contributed by atoms with Gasteiger partial charge >= 0.3 is 0 Å². The quantitative estimate of drug-likeness (QED) is 0.367. The van der Waals surface area contributed by atoms with E-state index < -0.39 is 0 Å². The number of carbonyl (C=O) groups excluding carboxylic acids is 1. The van der Waals surface area contributed by atoms with Crippen molar-refractivity contribution in [2.24, 2.45) is 0 Å². The molecule has 186 valence electrons. The van der Waals surface area contributed by atoms with Gasteiger partial charge in [-0.1, -0.05) is 17.3 Å². The summed E-state index contributed by atoms with van der Waals surface area (Å²) >= 11 is 0. The van der Waals surface area contributed by atoms with E-state index in [-0.39, 0.29) is 18.1 Å². The minimum absolute atomic E-state index is 0.0415. The normalized spacial score (nSPS) is 14.2. The first-order chi connectivity index (χ1) is 17.6. The molecule has 2 aromatic heterocycles. The van der Waals surface area contributed by atoms with Crippen molar-refractivity contribution in [2.75, 3.05) is 33.3 Å². The number of benzene rings is 2. The molecule has 9 nitrogen and oxygen atoms in total. The maximum Gasteiger partial charge on any atom is 0.241 e. The van der Waals surface area contributed by atoms with Crippen LogP contribution in [0, 0.1) is 5.82 Å². The Morgan fingerprint density at radius 3 is 2.58 bits per heavy atom. The Morgan fingerprint density at radius 2 is 1.83 bits per heavy atom. The Morgan fingerprint density at radius 1 is 1.06 bits per heavy atom. The highest BCUT2D eigenvalue weighted by atomic mass is 19.1. The third-order valence-corrected chi connectivity index (χ3v) is 6.15. The molecule has 0 spiro atoms. The molecule has 36 heavy (non-hydrogen) atoms. The van der Waals surface area contributed by atoms with Crippen LogP contribution in [0.5, 0.6) is 5.75 Å². The highest BCUT2D eigenvalue weighted by molar-refractivity contribution is 5.76. The van der Waals surface area contributed by atoms with Crippen molar-refractivity contribution in [3.8, 4) is 28.5 Å². The molecule has 2 aromatic carbocycles. The summed E-state index contributed by atoms with van der Waals surface area (Å²) in [5, 5.41) is 4.08. The minimum atomic E-state index is -0.369. The standard InChI is InChI=1S/C26H26FN5O4/c1-34-19-8-6-18(7-9-19)26-29-24(36-30-26)17-31-12-14-32(15-13-31)25(33)11-10-23-28-16-22(35-23)20-4-2-3-5-21(20)27/h2-9,16H,10-15,17H2,1H3. The van der Waals surface area contributed by atoms with E-state index >= 15 is 0 Å². The SMILES string of the molecule is COc1ccc(-c2noc(CN3CCN(C(=O)CCc4ncc(-c5ccccc5F)o4)CC3)n2)cc1. The smallest absolute Gasteiger partial charge is 0.241 e. The summed E-state index contributed by atoms with van der Waals surface area (Å²) in [5.41, 5.74) is 1.21. The van der Waals surface area contributed by atoms with E-state index in [2.05, 4.69) is 20.0 Å². The van der Waals surface area contributed by atoms with Crippen LogP contribution in [0.15, 0.2) is 63.7 Å². The average Bonchev–Trinajstić information content (AvgIpc) is 3.58. The summed E-state index contributed by atoms with van der Waals surface area (Å²) in [6, 6.07) is 13.8. The molecule has 1 aliphatic rings. The zero-order valence-electron chi connectivity index (χ0n) is 19.9. The fraction of sp³-hybridized carbons (Fsp3) is 0.308. The minimum Gasteiger partial charge on any atom is -0.497 e. The topological polar surface area (TPSA) is 97.7 Å². The molecule has 3 heterocycles. The maximum atomic E-state index is 13.9. The zero-order chi connectivity index (χ0) is 24.9. The first-order valence-corrected chi connectivity index (χ1v) is 11.8. The van der Waals surface area contributed by atoms with Crippen molar-refractivity contribution in [3.05, 3.63) is 72.3 Å². The van der Waals surface area contributed by atoms with Crippen molar-refractivity contribution in [2.45, 2.75) is 19.4 Å². The lowest BCUT2D eigenvalue weighted by Crippen LogP contribution is -2.48. The van der Waals surface area contributed by atoms with Crippen LogP contribution in [-0.4, -0.2) is 64.1 Å². The van der Waals surface area contributed by atoms with Gasteiger partial charge in [0.15, 0.2) is 11.7 Å². The van der Waals surface area contributed by atoms with Crippen molar-refractivity contribution in [3.63, 3.8) is 0 Å². The van der Waals surface area contributed by atoms with Crippen molar-refractivity contribution in [1.29, 1.82) is 0 Å². The molecule has 0 N–H and O–H groups in total. The number of methoxy groups -OCH3 is 1. The number of oxazole rings is 1. The number of halogens is 1. The van der Waals surface area contributed by atoms with Gasteiger partial charge in [-0.05, 0) is 36.4 Å². The fourth-order valence-electron chi connectivity index (χ4n) is 4.11. The van der Waals surface area contributed by atoms with Crippen LogP contribution in [0.3, 0.4) is 0 Å². The molecule has 1 saturated heterocycles. The van der Waals surface area contributed by atoms with E-state index in [1.165, 1.54) is 12.3 Å². The molecule has 10 heteroatoms. The number of amides is 1. The summed E-state index contributed by atoms with van der Waals surface area (Å²) in [6.45, 7) is 3.18. The first-order valence-electron chi connectivity index (χ1n) is 11.8. The number of carbonyl (C=O) groups is 1. The summed E-state index contributed by atoms with van der Waals surface area (Å²) in [5.74, 6) is 2.29. The molecule has 4 aromatic rings. The largest absolute Gasteiger partial charge is 0.497 e. The predicted molar refractivity (Wildman–Crippen MR) is 128 cm³/mol. The van der Waals surface area contributed by atoms with Crippen LogP contribution in [0.4, 0.5) is 4.39 Å². The highest BCUT2D eigenvalue weighted by Gasteiger charge is 2.23. The first kappa shape index (κ1) is 23.7. The van der Waals surface area contributed by atoms with Gasteiger partial charge in [-0.25, -0.2) is 9.37 Å². The van der Waals surface area contributed by atoms with E-state index in [4.69, 9.17) is 13.7 Å². The Bertz CT molecular complexity index is 1310. The van der Waals surface area contributed by atoms with Crippen molar-refractivity contribution >= 4 is 5.91 Å². The van der Waals surface area contributed by atoms with Crippen LogP contribution in [0.25, 0.3) is 22.7 Å². The van der Waals surface area contributed by atoms with Gasteiger partial charge in [0, 0.05) is 44.6 Å². The number of aromatic nitrogens is 3. The number of hydrogen-bond acceptors (Lipinski definition) is 8. The van der Waals surface area contributed by atoms with Crippen molar-refractivity contribution in [1.82, 2.24) is 24.9 Å². The maximum absolute atomic E-state index is 13.9. The third kappa shape index (κ3) is 5.44. The van der Waals surface area contributed by atoms with Gasteiger partial charge in [-0.15, -0.1) is 0 Å². The highest BCUT2D eigenvalue weighted by Crippen LogP contribution is 2.24. The lowest BCUT2D eigenvalue weighted by Gasteiger charge is -2.33. The molecule has 0 radical (unpaired) electrons. The number of ether oxygens (including phenoxy) is 1. The second-order valence-corrected chi connectivity index (χ2v) is 8.50. The van der Waals surface area contributed by atoms with E-state index in [1.807, 2.05) is 29.2 Å². The molecule has 0 aliphatic carbocycles. The average molecular weight is 492 g/mol. The fourth-order valence-corrected chi connectivity index (χ4v) is 4.11. The molecule has 0 atom stereocenters. The summed E-state index contributed by atoms with van der Waals surface area (Å²) < 4.78 is 30.2. The Balaban J connectivity index is 1.08. The monoisotopic (exact) mass is 491 g/mol. The number of rotatable bonds is 8. The molecule has 0 bridgehead atoms. The second-order valence-electron chi connectivity index (χ2n) is 8.50. The molecule has 0 unspecified atom stereocenters. The van der Waals surface area contributed by atoms with Crippen LogP contribution >= 0.6 is 0 Å². The lowest BCUT2D eigenvalue weighted by molar-refractivity contribution is -0.133. The number of aryl methyl sites for hydroxylation is 1. The lowest BCUT2D eigenvalue weighted by atomic mass is 10.2. The Labute approximate surface area is 207 Å². The third-order valence-electron chi connectivity index (χ3n) is 6.15. The molecule has 5 rings (SSSR count). The van der Waals surface area contributed by atoms with E-state index in [9.17, 15) is 9.18 Å². The van der Waals surface area contributed by atoms with Gasteiger partial charge in [0.2, 0.25) is 17.6 Å². The van der Waals surface area contributed by atoms with Crippen molar-refractivity contribution < 1.29 is 22.9 Å². The van der Waals surface area contributed by atoms with Gasteiger partial charge in [0.25, 0.3) is 0 Å². The van der Waals surface area contributed by atoms with Gasteiger partial charge in [0.1, 0.15) is 11.6 Å². The van der Waals surface area contributed by atoms with Crippen LogP contribution in [0.2, 0.25) is 0 Å². The molecule has 1 fully saturated rings. The van der Waals surface area contributed by atoms with Gasteiger partial charge < -0.3 is 18.6 Å². The number of piperazine rings is 1. The zero-order valence-corrected chi connectivity index (χ0v) is 19.9. The van der Waals surface area contributed by atoms with Crippen LogP contribution < -0.4 is 4.74 Å². The molecule has 1 amide bonds. The number of hydrogen-bond donors (Lipinski definition) is 0. The molecule has 0 saturated carbocycles. The van der Waals surface area contributed by atoms with Gasteiger partial charge in [-0.2, -0.15) is 4.98 Å². The Kier molecular flexibility index (Phi) is 7.03. The van der Waals surface area contributed by atoms with E-state index in [0.717, 1.165) is 11.3 Å². The Hall–Kier alpha value is -4.05. The molecular formula is C26H26FN5O4. The van der Waals surface area contributed by atoms with Gasteiger partial charge in [0.05, 0.1) is 25.4 Å². The predicted octanol–water partition coefficient (Wildman–Crippen LogP) is 3.82. The van der Waals surface area contributed by atoms with Crippen LogP contribution in [0.1, 0.15) is 18.2 Å².